The van der Waals surface area contributed by atoms with Crippen LogP contribution in [0.4, 0.5) is 14.5 Å². The fourth-order valence-corrected chi connectivity index (χ4v) is 2.76. The second kappa shape index (κ2) is 7.92. The minimum Gasteiger partial charge on any atom is -0.493 e. The summed E-state index contributed by atoms with van der Waals surface area (Å²) in [7, 11) is 1.45. The Hall–Kier alpha value is -3.00. The van der Waals surface area contributed by atoms with Gasteiger partial charge >= 0.3 is 0 Å². The highest BCUT2D eigenvalue weighted by Crippen LogP contribution is 2.29. The zero-order chi connectivity index (χ0) is 18.5. The van der Waals surface area contributed by atoms with E-state index in [1.807, 2.05) is 5.38 Å². The smallest absolute Gasteiger partial charge is 0.255 e. The van der Waals surface area contributed by atoms with Gasteiger partial charge in [-0.15, -0.1) is 11.3 Å². The highest BCUT2D eigenvalue weighted by atomic mass is 32.1. The number of amides is 1. The second-order valence-electron chi connectivity index (χ2n) is 5.25. The summed E-state index contributed by atoms with van der Waals surface area (Å²) in [5, 5.41) is 4.31. The molecular formula is C18H14F2N2O3S. The number of halogens is 2. The lowest BCUT2D eigenvalue weighted by Crippen LogP contribution is -2.12. The van der Waals surface area contributed by atoms with Crippen molar-refractivity contribution in [3.63, 3.8) is 0 Å². The van der Waals surface area contributed by atoms with Crippen molar-refractivity contribution < 1.29 is 23.0 Å². The lowest BCUT2D eigenvalue weighted by molar-refractivity contribution is 0.102. The summed E-state index contributed by atoms with van der Waals surface area (Å²) < 4.78 is 37.3. The maximum absolute atomic E-state index is 13.2. The van der Waals surface area contributed by atoms with Gasteiger partial charge in [0.25, 0.3) is 5.91 Å². The van der Waals surface area contributed by atoms with Crippen LogP contribution in [0.2, 0.25) is 0 Å². The molecule has 0 unspecified atom stereocenters. The maximum Gasteiger partial charge on any atom is 0.255 e. The number of aromatic nitrogens is 1. The van der Waals surface area contributed by atoms with Gasteiger partial charge in [0.1, 0.15) is 18.2 Å². The first-order chi connectivity index (χ1) is 12.5. The summed E-state index contributed by atoms with van der Waals surface area (Å²) in [5.74, 6) is -1.26. The van der Waals surface area contributed by atoms with Crippen molar-refractivity contribution in [2.24, 2.45) is 0 Å². The number of nitrogens with zero attached hydrogens (tertiary/aromatic N) is 1. The summed E-state index contributed by atoms with van der Waals surface area (Å²) >= 11 is 1.47. The van der Waals surface area contributed by atoms with Crippen LogP contribution in [0.25, 0.3) is 0 Å². The van der Waals surface area contributed by atoms with Crippen molar-refractivity contribution in [2.45, 2.75) is 6.61 Å². The summed E-state index contributed by atoms with van der Waals surface area (Å²) in [6.45, 7) is 0.272. The molecule has 26 heavy (non-hydrogen) atoms. The van der Waals surface area contributed by atoms with E-state index in [4.69, 9.17) is 9.47 Å². The minimum atomic E-state index is -0.774. The van der Waals surface area contributed by atoms with E-state index in [-0.39, 0.29) is 17.9 Å². The molecule has 0 saturated heterocycles. The van der Waals surface area contributed by atoms with Gasteiger partial charge in [0, 0.05) is 22.7 Å². The lowest BCUT2D eigenvalue weighted by Gasteiger charge is -2.12. The molecule has 0 aliphatic rings. The summed E-state index contributed by atoms with van der Waals surface area (Å²) in [6.07, 6.45) is 0. The Kier molecular flexibility index (Phi) is 5.43. The molecule has 1 heterocycles. The molecule has 3 aromatic rings. The molecule has 0 spiro atoms. The molecule has 2 aromatic carbocycles. The average Bonchev–Trinajstić information content (AvgIpc) is 3.12. The number of hydrogen-bond acceptors (Lipinski definition) is 5. The van der Waals surface area contributed by atoms with Crippen molar-refractivity contribution in [1.82, 2.24) is 4.98 Å². The Morgan fingerprint density at radius 3 is 2.58 bits per heavy atom. The van der Waals surface area contributed by atoms with Crippen molar-refractivity contribution in [1.29, 1.82) is 0 Å². The molecule has 5 nitrogen and oxygen atoms in total. The molecule has 0 aliphatic heterocycles. The van der Waals surface area contributed by atoms with Gasteiger partial charge in [0.15, 0.2) is 11.5 Å². The predicted molar refractivity (Wildman–Crippen MR) is 93.8 cm³/mol. The molecule has 0 saturated carbocycles. The number of rotatable bonds is 6. The summed E-state index contributed by atoms with van der Waals surface area (Å²) in [5.41, 5.74) is 2.77. The van der Waals surface area contributed by atoms with E-state index in [0.29, 0.717) is 11.5 Å². The van der Waals surface area contributed by atoms with E-state index in [2.05, 4.69) is 10.3 Å². The fraction of sp³-hybridized carbons (Fsp3) is 0.111. The zero-order valence-corrected chi connectivity index (χ0v) is 14.5. The number of benzene rings is 2. The Labute approximate surface area is 152 Å². The SMILES string of the molecule is COc1cc(C(=O)Nc2cc(F)cc(F)c2)ccc1OCc1cscn1. The zero-order valence-electron chi connectivity index (χ0n) is 13.7. The quantitative estimate of drug-likeness (QED) is 0.698. The average molecular weight is 376 g/mol. The Bertz CT molecular complexity index is 897. The van der Waals surface area contributed by atoms with Crippen LogP contribution in [-0.2, 0) is 6.61 Å². The van der Waals surface area contributed by atoms with Gasteiger partial charge in [-0.3, -0.25) is 4.79 Å². The largest absolute Gasteiger partial charge is 0.493 e. The molecule has 0 radical (unpaired) electrons. The first kappa shape index (κ1) is 17.8. The molecule has 1 amide bonds. The monoisotopic (exact) mass is 376 g/mol. The van der Waals surface area contributed by atoms with E-state index in [1.165, 1.54) is 30.6 Å². The van der Waals surface area contributed by atoms with Crippen LogP contribution >= 0.6 is 11.3 Å². The lowest BCUT2D eigenvalue weighted by atomic mass is 10.1. The molecule has 1 N–H and O–H groups in total. The molecule has 0 bridgehead atoms. The first-order valence-corrected chi connectivity index (χ1v) is 8.45. The molecule has 8 heteroatoms. The van der Waals surface area contributed by atoms with Crippen LogP contribution in [0.1, 0.15) is 16.1 Å². The van der Waals surface area contributed by atoms with Crippen LogP contribution < -0.4 is 14.8 Å². The van der Waals surface area contributed by atoms with E-state index in [1.54, 1.807) is 11.6 Å². The van der Waals surface area contributed by atoms with Crippen molar-refractivity contribution in [3.05, 3.63) is 70.2 Å². The van der Waals surface area contributed by atoms with Gasteiger partial charge in [-0.05, 0) is 30.3 Å². The minimum absolute atomic E-state index is 0.0234. The Balaban J connectivity index is 1.74. The van der Waals surface area contributed by atoms with Crippen LogP contribution in [0.5, 0.6) is 11.5 Å². The predicted octanol–water partition coefficient (Wildman–Crippen LogP) is 4.26. The van der Waals surface area contributed by atoms with E-state index >= 15 is 0 Å². The number of ether oxygens (including phenoxy) is 2. The highest BCUT2D eigenvalue weighted by Gasteiger charge is 2.13. The van der Waals surface area contributed by atoms with E-state index < -0.39 is 17.5 Å². The van der Waals surface area contributed by atoms with Gasteiger partial charge in [-0.25, -0.2) is 13.8 Å². The molecule has 0 atom stereocenters. The number of thiazole rings is 1. The number of nitrogens with one attached hydrogen (secondary N) is 1. The van der Waals surface area contributed by atoms with Gasteiger partial charge < -0.3 is 14.8 Å². The topological polar surface area (TPSA) is 60.5 Å². The highest BCUT2D eigenvalue weighted by molar-refractivity contribution is 7.07. The van der Waals surface area contributed by atoms with Crippen LogP contribution in [0.3, 0.4) is 0 Å². The van der Waals surface area contributed by atoms with Crippen LogP contribution in [-0.4, -0.2) is 18.0 Å². The van der Waals surface area contributed by atoms with Crippen LogP contribution in [0.15, 0.2) is 47.3 Å². The van der Waals surface area contributed by atoms with Crippen molar-refractivity contribution in [2.75, 3.05) is 12.4 Å². The van der Waals surface area contributed by atoms with Gasteiger partial charge in [0.2, 0.25) is 0 Å². The number of methoxy groups -OCH3 is 1. The van der Waals surface area contributed by atoms with Gasteiger partial charge in [-0.2, -0.15) is 0 Å². The number of anilines is 1. The normalized spacial score (nSPS) is 10.4. The third kappa shape index (κ3) is 4.34. The summed E-state index contributed by atoms with van der Waals surface area (Å²) in [4.78, 5) is 16.4. The molecule has 0 fully saturated rings. The molecule has 134 valence electrons. The molecule has 1 aromatic heterocycles. The molecule has 3 rings (SSSR count). The third-order valence-electron chi connectivity index (χ3n) is 3.41. The summed E-state index contributed by atoms with van der Waals surface area (Å²) in [6, 6.07) is 7.40. The standard InChI is InChI=1S/C18H14F2N2O3S/c1-24-17-4-11(2-3-16(17)25-8-15-9-26-10-21-15)18(23)22-14-6-12(19)5-13(20)7-14/h2-7,9-10H,8H2,1H3,(H,22,23). The van der Waals surface area contributed by atoms with Crippen molar-refractivity contribution >= 4 is 22.9 Å². The first-order valence-electron chi connectivity index (χ1n) is 7.50. The Morgan fingerprint density at radius 1 is 1.15 bits per heavy atom. The number of hydrogen-bond donors (Lipinski definition) is 1. The molecular weight excluding hydrogens is 362 g/mol. The Morgan fingerprint density at radius 2 is 1.92 bits per heavy atom. The van der Waals surface area contributed by atoms with Gasteiger partial charge in [-0.1, -0.05) is 0 Å². The second-order valence-corrected chi connectivity index (χ2v) is 5.97. The van der Waals surface area contributed by atoms with E-state index in [0.717, 1.165) is 23.9 Å². The molecule has 0 aliphatic carbocycles. The third-order valence-corrected chi connectivity index (χ3v) is 4.04. The van der Waals surface area contributed by atoms with Crippen LogP contribution in [0, 0.1) is 11.6 Å². The fourth-order valence-electron chi connectivity index (χ4n) is 2.22. The van der Waals surface area contributed by atoms with Crippen molar-refractivity contribution in [3.8, 4) is 11.5 Å². The van der Waals surface area contributed by atoms with E-state index in [9.17, 15) is 13.6 Å². The maximum atomic E-state index is 13.2. The number of carbonyl (C=O) groups is 1. The number of carbonyl (C=O) groups excluding carboxylic acids is 1. The van der Waals surface area contributed by atoms with Gasteiger partial charge in [0.05, 0.1) is 18.3 Å².